The van der Waals surface area contributed by atoms with Gasteiger partial charge in [0, 0.05) is 33.5 Å². The summed E-state index contributed by atoms with van der Waals surface area (Å²) >= 11 is 0. The molecule has 19 nitrogen and oxygen atoms in total. The summed E-state index contributed by atoms with van der Waals surface area (Å²) in [7, 11) is -9.71. The van der Waals surface area contributed by atoms with E-state index < -0.39 is 58.9 Å². The number of nitrogen functional groups attached to an aromatic ring is 1. The van der Waals surface area contributed by atoms with Crippen LogP contribution < -0.4 is 85.1 Å². The number of anilines is 2. The summed E-state index contributed by atoms with van der Waals surface area (Å²) in [5.41, 5.74) is 5.75. The largest absolute Gasteiger partial charge is 1.00 e. The molecule has 314 valence electrons. The second-order valence-electron chi connectivity index (χ2n) is 13.1. The molecule has 7 aromatic rings. The first-order valence-corrected chi connectivity index (χ1v) is 20.9. The van der Waals surface area contributed by atoms with Crippen LogP contribution in [-0.4, -0.2) is 43.6 Å². The monoisotopic (exact) mass is 920 g/mol. The Morgan fingerprint density at radius 1 is 0.672 bits per heavy atom. The number of hydrogen-bond acceptors (Lipinski definition) is 16. The quantitative estimate of drug-likeness (QED) is 0.0512. The number of phenols is 1. The van der Waals surface area contributed by atoms with Gasteiger partial charge >= 0.3 is 59.1 Å². The molecule has 6 N–H and O–H groups in total. The van der Waals surface area contributed by atoms with Crippen molar-refractivity contribution in [3.05, 3.63) is 121 Å². The maximum absolute atomic E-state index is 13.2. The Morgan fingerprint density at radius 3 is 2.03 bits per heavy atom. The van der Waals surface area contributed by atoms with Gasteiger partial charge in [0.1, 0.15) is 26.9 Å². The van der Waals surface area contributed by atoms with E-state index in [2.05, 4.69) is 36.0 Å². The summed E-state index contributed by atoms with van der Waals surface area (Å²) in [4.78, 5) is 11.9. The van der Waals surface area contributed by atoms with E-state index in [1.165, 1.54) is 72.8 Å². The molecule has 0 aliphatic heterocycles. The number of benzene rings is 7. The molecule has 0 aromatic heterocycles. The average Bonchev–Trinajstić information content (AvgIpc) is 3.22. The van der Waals surface area contributed by atoms with Crippen LogP contribution in [0, 0.1) is 0 Å². The number of phenolic OH excluding ortho intramolecular Hbond substituents is 1. The van der Waals surface area contributed by atoms with E-state index in [1.807, 2.05) is 0 Å². The Labute approximate surface area is 408 Å². The third-order valence-corrected chi connectivity index (χ3v) is 10.7. The van der Waals surface area contributed by atoms with Crippen molar-refractivity contribution in [3.63, 3.8) is 0 Å². The number of nitrogens with two attached hydrogens (primary N) is 1. The molecule has 7 rings (SSSR count). The second-order valence-corrected chi connectivity index (χ2v) is 15.9. The van der Waals surface area contributed by atoms with Crippen molar-refractivity contribution >= 4 is 93.2 Å². The van der Waals surface area contributed by atoms with E-state index >= 15 is 0 Å². The van der Waals surface area contributed by atoms with Gasteiger partial charge in [0.25, 0.3) is 26.1 Å². The Morgan fingerprint density at radius 2 is 1.34 bits per heavy atom. The third-order valence-electron chi connectivity index (χ3n) is 8.96. The van der Waals surface area contributed by atoms with E-state index in [1.54, 1.807) is 31.2 Å². The van der Waals surface area contributed by atoms with Gasteiger partial charge in [0.2, 0.25) is 0 Å². The number of rotatable bonds is 12. The van der Waals surface area contributed by atoms with Crippen molar-refractivity contribution in [1.29, 1.82) is 0 Å². The zero-order valence-electron chi connectivity index (χ0n) is 33.9. The Hall–Kier alpha value is -5.85. The Balaban J connectivity index is 0.00000385. The first-order chi connectivity index (χ1) is 29.5. The van der Waals surface area contributed by atoms with Gasteiger partial charge in [-0.2, -0.15) is 32.2 Å². The number of nitrogens with zero attached hydrogens (tertiary/aromatic N) is 6. The normalized spacial score (nSPS) is 11.9. The minimum Gasteiger partial charge on any atom is -0.872 e. The number of hydrogen-bond donors (Lipinski definition) is 5. The van der Waals surface area contributed by atoms with Crippen LogP contribution in [0.25, 0.3) is 21.5 Å². The van der Waals surface area contributed by atoms with Crippen molar-refractivity contribution in [1.82, 2.24) is 0 Å². The summed E-state index contributed by atoms with van der Waals surface area (Å²) in [6.45, 7) is 1.82. The van der Waals surface area contributed by atoms with Crippen LogP contribution in [0.1, 0.15) is 17.3 Å². The number of ether oxygens (including phenoxy) is 1. The van der Waals surface area contributed by atoms with Gasteiger partial charge in [-0.15, -0.1) is 21.1 Å². The molecular formula is C41H30N8Na2O11S2. The zero-order valence-corrected chi connectivity index (χ0v) is 39.5. The fraction of sp³-hybridized carbons (Fsp3) is 0.0488. The Kier molecular flexibility index (Phi) is 15.6. The number of azo groups is 3. The van der Waals surface area contributed by atoms with Crippen molar-refractivity contribution in [3.8, 4) is 23.0 Å². The molecule has 0 aliphatic carbocycles. The predicted octanol–water partition coefficient (Wildman–Crippen LogP) is 2.83. The van der Waals surface area contributed by atoms with E-state index in [0.717, 1.165) is 18.2 Å². The molecule has 0 saturated carbocycles. The molecule has 23 heteroatoms. The molecular weight excluding hydrogens is 891 g/mol. The predicted molar refractivity (Wildman–Crippen MR) is 223 cm³/mol. The first-order valence-electron chi connectivity index (χ1n) is 18.0. The molecule has 0 aliphatic rings. The summed E-state index contributed by atoms with van der Waals surface area (Å²) in [6.07, 6.45) is 0. The van der Waals surface area contributed by atoms with Gasteiger partial charge in [-0.3, -0.25) is 13.9 Å². The molecule has 0 radical (unpaired) electrons. The van der Waals surface area contributed by atoms with Crippen molar-refractivity contribution in [2.75, 3.05) is 17.7 Å². The van der Waals surface area contributed by atoms with E-state index in [4.69, 9.17) is 10.5 Å². The zero-order chi connectivity index (χ0) is 44.3. The van der Waals surface area contributed by atoms with Crippen LogP contribution in [0.5, 0.6) is 23.0 Å². The van der Waals surface area contributed by atoms with Crippen molar-refractivity contribution in [2.24, 2.45) is 30.7 Å². The fourth-order valence-corrected chi connectivity index (χ4v) is 7.40. The average molecular weight is 921 g/mol. The molecule has 0 spiro atoms. The van der Waals surface area contributed by atoms with Gasteiger partial charge in [-0.05, 0) is 79.0 Å². The molecule has 0 unspecified atom stereocenters. The third kappa shape index (κ3) is 11.1. The molecule has 1 amide bonds. The van der Waals surface area contributed by atoms with Crippen LogP contribution in [0.4, 0.5) is 45.5 Å². The number of carbonyl (C=O) groups is 1. The fourth-order valence-electron chi connectivity index (χ4n) is 6.11. The van der Waals surface area contributed by atoms with Gasteiger partial charge in [-0.1, -0.05) is 48.2 Å². The van der Waals surface area contributed by atoms with E-state index in [9.17, 15) is 46.1 Å². The number of nitrogens with one attached hydrogen (secondary N) is 1. The molecule has 7 aromatic carbocycles. The first kappa shape index (κ1) is 49.2. The molecule has 0 atom stereocenters. The maximum Gasteiger partial charge on any atom is 1.00 e. The minimum absolute atomic E-state index is 0. The number of amides is 1. The maximum atomic E-state index is 13.2. The van der Waals surface area contributed by atoms with Crippen LogP contribution >= 0.6 is 0 Å². The molecule has 0 saturated heterocycles. The van der Waals surface area contributed by atoms with Gasteiger partial charge in [0.05, 0.1) is 35.0 Å². The van der Waals surface area contributed by atoms with Gasteiger partial charge < -0.3 is 31.1 Å². The van der Waals surface area contributed by atoms with Crippen LogP contribution in [-0.2, 0) is 20.2 Å². The van der Waals surface area contributed by atoms with Crippen molar-refractivity contribution in [2.45, 2.75) is 16.7 Å². The Bertz CT molecular complexity index is 3280. The SMILES string of the molecule is CCOc1cc(N=Nc2ccc(N)c(S(=O)(=O)O)c2)c2ccccc2c1N=Nc1c(S(=O)(=O)O)cc2cc(NC(=O)c3cccc(N=Nc4ccc([O-])cc4[O-])c3)ccc2c1O.[Na+].[Na+]. The molecule has 0 bridgehead atoms. The molecule has 0 heterocycles. The number of carbonyl (C=O) groups excluding carboxylic acids is 1. The standard InChI is InChI=1S/C41H32N8O11S2.2Na/c1-2-60-35-21-33(47-45-26-11-14-31(42)36(19-26)61(54,55)56)29-8-3-4-9-30(29)38(35)48-49-39-37(62(57,58)59)18-23-17-24(10-13-28(23)40(39)52)43-41(53)22-6-5-7-25(16-22)44-46-32-15-12-27(50)20-34(32)51;;/h3-21,50-52H,2,42H2,1H3,(H,43,53)(H,54,55,56)(H,57,58,59);;/q;2*+1/p-2. The second kappa shape index (κ2) is 20.3. The minimum atomic E-state index is -5.06. The van der Waals surface area contributed by atoms with Crippen LogP contribution in [0.3, 0.4) is 0 Å². The van der Waals surface area contributed by atoms with E-state index in [-0.39, 0.29) is 128 Å². The van der Waals surface area contributed by atoms with Crippen LogP contribution in [0.15, 0.2) is 156 Å². The molecule has 0 fully saturated rings. The summed E-state index contributed by atoms with van der Waals surface area (Å²) in [5.74, 6) is -2.24. The molecule has 64 heavy (non-hydrogen) atoms. The summed E-state index contributed by atoms with van der Waals surface area (Å²) in [6, 6.07) is 26.3. The number of aromatic hydroxyl groups is 1. The summed E-state index contributed by atoms with van der Waals surface area (Å²) < 4.78 is 74.7. The van der Waals surface area contributed by atoms with E-state index in [0.29, 0.717) is 10.8 Å². The van der Waals surface area contributed by atoms with Gasteiger partial charge in [0.15, 0.2) is 5.75 Å². The smallest absolute Gasteiger partial charge is 0.872 e. The van der Waals surface area contributed by atoms with Crippen molar-refractivity contribution < 1.29 is 110 Å². The summed E-state index contributed by atoms with van der Waals surface area (Å²) in [5, 5.41) is 63.1. The van der Waals surface area contributed by atoms with Crippen LogP contribution in [0.2, 0.25) is 0 Å². The topological polar surface area (TPSA) is 314 Å². The number of fused-ring (bicyclic) bond motifs is 2. The van der Waals surface area contributed by atoms with Gasteiger partial charge in [-0.25, -0.2) is 0 Å².